The predicted octanol–water partition coefficient (Wildman–Crippen LogP) is 1.18. The molecule has 1 saturated heterocycles. The van der Waals surface area contributed by atoms with E-state index in [9.17, 15) is 0 Å². The van der Waals surface area contributed by atoms with Gasteiger partial charge in [-0.2, -0.15) is 26.7 Å². The second-order valence-electron chi connectivity index (χ2n) is 4.25. The van der Waals surface area contributed by atoms with Crippen molar-refractivity contribution in [2.75, 3.05) is 35.8 Å². The van der Waals surface area contributed by atoms with Gasteiger partial charge in [0, 0.05) is 18.8 Å². The fourth-order valence-electron chi connectivity index (χ4n) is 1.77. The summed E-state index contributed by atoms with van der Waals surface area (Å²) in [4.78, 5) is 14.5. The third-order valence-corrected chi connectivity index (χ3v) is 3.97. The number of hydrogen-bond acceptors (Lipinski definition) is 7. The molecule has 100 valence electrons. The van der Waals surface area contributed by atoms with Crippen LogP contribution in [0.25, 0.3) is 0 Å². The van der Waals surface area contributed by atoms with E-state index in [2.05, 4.69) is 19.9 Å². The number of hydrogen-bond donors (Lipinski definition) is 1. The summed E-state index contributed by atoms with van der Waals surface area (Å²) in [6, 6.07) is 0.785. The van der Waals surface area contributed by atoms with Gasteiger partial charge in [0.25, 0.3) is 0 Å². The molecular weight excluding hydrogens is 250 g/mol. The Morgan fingerprint density at radius 2 is 2.28 bits per heavy atom. The van der Waals surface area contributed by atoms with Crippen molar-refractivity contribution in [3.63, 3.8) is 0 Å². The molecule has 1 atom stereocenters. The standard InChI is InChI=1S/C11H19N5OS/c1-3-5-17-11-14-9(12)13-10(15-11)16(2)8-4-6-18-7-8/h8H,3-7H2,1-2H3,(H2,12,13,14,15). The van der Waals surface area contributed by atoms with Crippen molar-refractivity contribution in [3.05, 3.63) is 0 Å². The lowest BCUT2D eigenvalue weighted by Gasteiger charge is -2.23. The first-order chi connectivity index (χ1) is 8.70. The van der Waals surface area contributed by atoms with Crippen LogP contribution >= 0.6 is 11.8 Å². The molecule has 1 aliphatic rings. The monoisotopic (exact) mass is 269 g/mol. The van der Waals surface area contributed by atoms with Crippen molar-refractivity contribution in [3.8, 4) is 6.01 Å². The number of nitrogen functional groups attached to an aromatic ring is 1. The zero-order chi connectivity index (χ0) is 13.0. The highest BCUT2D eigenvalue weighted by Gasteiger charge is 2.23. The molecule has 1 aromatic rings. The first kappa shape index (κ1) is 13.2. The van der Waals surface area contributed by atoms with Crippen molar-refractivity contribution in [2.24, 2.45) is 0 Å². The SMILES string of the molecule is CCCOc1nc(N)nc(N(C)C2CCSC2)n1. The minimum Gasteiger partial charge on any atom is -0.463 e. The lowest BCUT2D eigenvalue weighted by atomic mass is 10.2. The summed E-state index contributed by atoms with van der Waals surface area (Å²) in [6.07, 6.45) is 2.06. The van der Waals surface area contributed by atoms with Crippen LogP contribution in [0, 0.1) is 0 Å². The molecule has 0 spiro atoms. The van der Waals surface area contributed by atoms with E-state index >= 15 is 0 Å². The highest BCUT2D eigenvalue weighted by Crippen LogP contribution is 2.24. The number of nitrogens with zero attached hydrogens (tertiary/aromatic N) is 4. The first-order valence-corrected chi connectivity index (χ1v) is 7.31. The van der Waals surface area contributed by atoms with Gasteiger partial charge in [-0.3, -0.25) is 0 Å². The molecule has 18 heavy (non-hydrogen) atoms. The van der Waals surface area contributed by atoms with Gasteiger partial charge in [-0.25, -0.2) is 0 Å². The Balaban J connectivity index is 2.13. The van der Waals surface area contributed by atoms with E-state index < -0.39 is 0 Å². The largest absolute Gasteiger partial charge is 0.463 e. The van der Waals surface area contributed by atoms with Crippen LogP contribution in [0.5, 0.6) is 6.01 Å². The molecule has 6 nitrogen and oxygen atoms in total. The van der Waals surface area contributed by atoms with Crippen molar-refractivity contribution < 1.29 is 4.74 Å². The summed E-state index contributed by atoms with van der Waals surface area (Å²) in [5.41, 5.74) is 5.69. The van der Waals surface area contributed by atoms with E-state index in [-0.39, 0.29) is 5.95 Å². The molecule has 1 unspecified atom stereocenters. The number of thioether (sulfide) groups is 1. The second-order valence-corrected chi connectivity index (χ2v) is 5.40. The minimum atomic E-state index is 0.212. The van der Waals surface area contributed by atoms with Crippen molar-refractivity contribution in [1.82, 2.24) is 15.0 Å². The summed E-state index contributed by atoms with van der Waals surface area (Å²) >= 11 is 1.95. The number of aromatic nitrogens is 3. The molecule has 0 bridgehead atoms. The molecular formula is C11H19N5OS. The van der Waals surface area contributed by atoms with Gasteiger partial charge in [-0.05, 0) is 18.6 Å². The van der Waals surface area contributed by atoms with Crippen molar-refractivity contribution >= 4 is 23.7 Å². The molecule has 1 aromatic heterocycles. The zero-order valence-electron chi connectivity index (χ0n) is 10.8. The van der Waals surface area contributed by atoms with Gasteiger partial charge < -0.3 is 15.4 Å². The third kappa shape index (κ3) is 3.16. The van der Waals surface area contributed by atoms with Crippen LogP contribution in [0.15, 0.2) is 0 Å². The smallest absolute Gasteiger partial charge is 0.323 e. The van der Waals surface area contributed by atoms with Gasteiger partial charge in [0.05, 0.1) is 6.61 Å². The number of ether oxygens (including phenoxy) is 1. The average molecular weight is 269 g/mol. The molecule has 0 radical (unpaired) electrons. The van der Waals surface area contributed by atoms with E-state index in [4.69, 9.17) is 10.5 Å². The Morgan fingerprint density at radius 1 is 1.44 bits per heavy atom. The summed E-state index contributed by atoms with van der Waals surface area (Å²) < 4.78 is 5.42. The van der Waals surface area contributed by atoms with Gasteiger partial charge >= 0.3 is 6.01 Å². The number of rotatable bonds is 5. The quantitative estimate of drug-likeness (QED) is 0.860. The molecule has 0 amide bonds. The molecule has 1 fully saturated rings. The maximum atomic E-state index is 5.69. The highest BCUT2D eigenvalue weighted by molar-refractivity contribution is 7.99. The number of anilines is 2. The second kappa shape index (κ2) is 6.08. The van der Waals surface area contributed by atoms with Crippen molar-refractivity contribution in [2.45, 2.75) is 25.8 Å². The molecule has 0 saturated carbocycles. The molecule has 1 aliphatic heterocycles. The highest BCUT2D eigenvalue weighted by atomic mass is 32.2. The summed E-state index contributed by atoms with van der Waals surface area (Å²) in [5, 5.41) is 0. The number of nitrogens with two attached hydrogens (primary N) is 1. The summed E-state index contributed by atoms with van der Waals surface area (Å²) in [6.45, 7) is 2.62. The van der Waals surface area contributed by atoms with Gasteiger partial charge in [0.2, 0.25) is 11.9 Å². The van der Waals surface area contributed by atoms with Crippen LogP contribution in [-0.4, -0.2) is 46.2 Å². The van der Waals surface area contributed by atoms with Gasteiger partial charge in [-0.1, -0.05) is 6.92 Å². The summed E-state index contributed by atoms with van der Waals surface area (Å²) in [7, 11) is 1.99. The predicted molar refractivity (Wildman–Crippen MR) is 74.2 cm³/mol. The molecule has 2 heterocycles. The van der Waals surface area contributed by atoms with Gasteiger partial charge in [0.15, 0.2) is 0 Å². The third-order valence-electron chi connectivity index (χ3n) is 2.82. The van der Waals surface area contributed by atoms with Gasteiger partial charge in [0.1, 0.15) is 0 Å². The van der Waals surface area contributed by atoms with E-state index in [1.807, 2.05) is 25.7 Å². The molecule has 0 aromatic carbocycles. The Morgan fingerprint density at radius 3 is 2.94 bits per heavy atom. The molecule has 2 N–H and O–H groups in total. The Hall–Kier alpha value is -1.24. The first-order valence-electron chi connectivity index (χ1n) is 6.15. The minimum absolute atomic E-state index is 0.212. The van der Waals surface area contributed by atoms with E-state index in [1.165, 1.54) is 5.75 Å². The van der Waals surface area contributed by atoms with Crippen LogP contribution in [0.1, 0.15) is 19.8 Å². The molecule has 2 rings (SSSR count). The fourth-order valence-corrected chi connectivity index (χ4v) is 3.04. The molecule has 7 heteroatoms. The van der Waals surface area contributed by atoms with E-state index in [1.54, 1.807) is 0 Å². The zero-order valence-corrected chi connectivity index (χ0v) is 11.6. The Kier molecular flexibility index (Phi) is 4.46. The summed E-state index contributed by atoms with van der Waals surface area (Å²) in [5.74, 6) is 3.10. The fraction of sp³-hybridized carbons (Fsp3) is 0.727. The van der Waals surface area contributed by atoms with Crippen LogP contribution in [0.3, 0.4) is 0 Å². The Labute approximate surface area is 111 Å². The topological polar surface area (TPSA) is 77.2 Å². The van der Waals surface area contributed by atoms with Crippen LogP contribution in [-0.2, 0) is 0 Å². The van der Waals surface area contributed by atoms with E-state index in [0.29, 0.717) is 24.6 Å². The van der Waals surface area contributed by atoms with E-state index in [0.717, 1.165) is 18.6 Å². The maximum Gasteiger partial charge on any atom is 0.323 e. The Bertz CT molecular complexity index is 397. The van der Waals surface area contributed by atoms with Crippen LogP contribution < -0.4 is 15.4 Å². The van der Waals surface area contributed by atoms with Crippen molar-refractivity contribution in [1.29, 1.82) is 0 Å². The van der Waals surface area contributed by atoms with Gasteiger partial charge in [-0.15, -0.1) is 0 Å². The lowest BCUT2D eigenvalue weighted by Crippen LogP contribution is -2.33. The molecule has 0 aliphatic carbocycles. The average Bonchev–Trinajstić information content (AvgIpc) is 2.88. The lowest BCUT2D eigenvalue weighted by molar-refractivity contribution is 0.292. The normalized spacial score (nSPS) is 18.9. The van der Waals surface area contributed by atoms with Crippen LogP contribution in [0.4, 0.5) is 11.9 Å². The maximum absolute atomic E-state index is 5.69. The van der Waals surface area contributed by atoms with Crippen LogP contribution in [0.2, 0.25) is 0 Å².